The second kappa shape index (κ2) is 10.5. The molecule has 0 aliphatic carbocycles. The van der Waals surface area contributed by atoms with E-state index in [4.69, 9.17) is 13.9 Å². The number of nitrogens with zero attached hydrogens (tertiary/aromatic N) is 2. The fourth-order valence-corrected chi connectivity index (χ4v) is 4.64. The van der Waals surface area contributed by atoms with Gasteiger partial charge in [-0.3, -0.25) is 9.10 Å². The predicted molar refractivity (Wildman–Crippen MR) is 127 cm³/mol. The van der Waals surface area contributed by atoms with E-state index in [0.717, 1.165) is 8.78 Å². The predicted octanol–water partition coefficient (Wildman–Crippen LogP) is 3.71. The number of methoxy groups -OCH3 is 2. The van der Waals surface area contributed by atoms with Crippen LogP contribution in [0.5, 0.6) is 11.5 Å². The first-order valence-corrected chi connectivity index (χ1v) is 11.9. The van der Waals surface area contributed by atoms with E-state index in [-0.39, 0.29) is 16.3 Å². The van der Waals surface area contributed by atoms with E-state index in [0.29, 0.717) is 17.3 Å². The van der Waals surface area contributed by atoms with Crippen molar-refractivity contribution < 1.29 is 27.1 Å². The van der Waals surface area contributed by atoms with Crippen LogP contribution in [0.15, 0.2) is 73.5 Å². The van der Waals surface area contributed by atoms with E-state index in [1.807, 2.05) is 0 Å². The summed E-state index contributed by atoms with van der Waals surface area (Å²) in [5, 5.41) is 3.86. The lowest BCUT2D eigenvalue weighted by Gasteiger charge is -2.25. The molecular formula is C22H22BrN3O6S. The average Bonchev–Trinajstić information content (AvgIpc) is 3.14. The van der Waals surface area contributed by atoms with E-state index < -0.39 is 22.5 Å². The minimum atomic E-state index is -4.13. The van der Waals surface area contributed by atoms with Crippen molar-refractivity contribution >= 4 is 43.8 Å². The van der Waals surface area contributed by atoms with E-state index in [2.05, 4.69) is 26.5 Å². The SMILES string of the molecule is COc1ccc(OC)c(N(CC(=O)N/N=C/c2cc(Br)c(C)o2)S(=O)(=O)c2ccccc2)c1. The number of furan rings is 1. The van der Waals surface area contributed by atoms with Crippen LogP contribution >= 0.6 is 15.9 Å². The van der Waals surface area contributed by atoms with Crippen LogP contribution < -0.4 is 19.2 Å². The monoisotopic (exact) mass is 535 g/mol. The van der Waals surface area contributed by atoms with E-state index in [1.165, 1.54) is 38.6 Å². The van der Waals surface area contributed by atoms with Crippen molar-refractivity contribution in [2.45, 2.75) is 11.8 Å². The Bertz CT molecular complexity index is 1240. The van der Waals surface area contributed by atoms with Gasteiger partial charge in [0.05, 0.1) is 35.5 Å². The van der Waals surface area contributed by atoms with Crippen LogP contribution in [0.3, 0.4) is 0 Å². The molecule has 1 amide bonds. The van der Waals surface area contributed by atoms with Gasteiger partial charge in [-0.2, -0.15) is 5.10 Å². The maximum absolute atomic E-state index is 13.5. The Hall–Kier alpha value is -3.31. The molecule has 3 rings (SSSR count). The molecule has 0 saturated heterocycles. The van der Waals surface area contributed by atoms with Crippen LogP contribution in [0, 0.1) is 6.92 Å². The fourth-order valence-electron chi connectivity index (χ4n) is 2.89. The highest BCUT2D eigenvalue weighted by Crippen LogP contribution is 2.35. The quantitative estimate of drug-likeness (QED) is 0.330. The van der Waals surface area contributed by atoms with Crippen LogP contribution in [0.4, 0.5) is 5.69 Å². The molecule has 0 bridgehead atoms. The Labute approximate surface area is 200 Å². The van der Waals surface area contributed by atoms with Gasteiger partial charge in [0.1, 0.15) is 29.6 Å². The van der Waals surface area contributed by atoms with E-state index in [9.17, 15) is 13.2 Å². The number of sulfonamides is 1. The van der Waals surface area contributed by atoms with Gasteiger partial charge in [0, 0.05) is 12.1 Å². The Balaban J connectivity index is 1.93. The molecule has 1 N–H and O–H groups in total. The minimum Gasteiger partial charge on any atom is -0.497 e. The van der Waals surface area contributed by atoms with Crippen molar-refractivity contribution in [1.82, 2.24) is 5.43 Å². The van der Waals surface area contributed by atoms with Gasteiger partial charge >= 0.3 is 0 Å². The zero-order valence-corrected chi connectivity index (χ0v) is 20.5. The van der Waals surface area contributed by atoms with Gasteiger partial charge in [-0.1, -0.05) is 18.2 Å². The lowest BCUT2D eigenvalue weighted by Crippen LogP contribution is -2.39. The number of anilines is 1. The summed E-state index contributed by atoms with van der Waals surface area (Å²) in [6.45, 7) is 1.22. The number of amides is 1. The summed E-state index contributed by atoms with van der Waals surface area (Å²) in [7, 11) is -1.26. The highest BCUT2D eigenvalue weighted by molar-refractivity contribution is 9.10. The van der Waals surface area contributed by atoms with E-state index >= 15 is 0 Å². The second-order valence-electron chi connectivity index (χ2n) is 6.71. The number of halogens is 1. The maximum atomic E-state index is 13.5. The van der Waals surface area contributed by atoms with Crippen molar-refractivity contribution in [3.05, 3.63) is 70.6 Å². The molecule has 0 fully saturated rings. The summed E-state index contributed by atoms with van der Waals surface area (Å²) in [6.07, 6.45) is 1.32. The first kappa shape index (κ1) is 24.3. The number of hydrogen-bond acceptors (Lipinski definition) is 7. The molecule has 174 valence electrons. The van der Waals surface area contributed by atoms with Crippen LogP contribution in [0.25, 0.3) is 0 Å². The lowest BCUT2D eigenvalue weighted by molar-refractivity contribution is -0.119. The smallest absolute Gasteiger partial charge is 0.264 e. The van der Waals surface area contributed by atoms with Crippen molar-refractivity contribution in [1.29, 1.82) is 0 Å². The molecule has 33 heavy (non-hydrogen) atoms. The van der Waals surface area contributed by atoms with Crippen molar-refractivity contribution in [2.75, 3.05) is 25.1 Å². The first-order valence-electron chi connectivity index (χ1n) is 9.64. The largest absolute Gasteiger partial charge is 0.497 e. The molecule has 11 heteroatoms. The zero-order chi connectivity index (χ0) is 24.0. The lowest BCUT2D eigenvalue weighted by atomic mass is 10.2. The third-order valence-electron chi connectivity index (χ3n) is 4.53. The molecule has 1 aromatic heterocycles. The average molecular weight is 536 g/mol. The molecule has 9 nitrogen and oxygen atoms in total. The van der Waals surface area contributed by atoms with Crippen molar-refractivity contribution in [3.8, 4) is 11.5 Å². The van der Waals surface area contributed by atoms with E-state index in [1.54, 1.807) is 43.3 Å². The summed E-state index contributed by atoms with van der Waals surface area (Å²) in [6, 6.07) is 14.2. The summed E-state index contributed by atoms with van der Waals surface area (Å²) in [5.74, 6) is 1.06. The zero-order valence-electron chi connectivity index (χ0n) is 18.1. The highest BCUT2D eigenvalue weighted by atomic mass is 79.9. The number of rotatable bonds is 9. The van der Waals surface area contributed by atoms with Crippen molar-refractivity contribution in [3.63, 3.8) is 0 Å². The third kappa shape index (κ3) is 5.74. The van der Waals surface area contributed by atoms with Crippen LogP contribution in [-0.2, 0) is 14.8 Å². The highest BCUT2D eigenvalue weighted by Gasteiger charge is 2.29. The summed E-state index contributed by atoms with van der Waals surface area (Å²) >= 11 is 3.33. The number of hydrazone groups is 1. The standard InChI is InChI=1S/C22H22BrN3O6S/c1-15-19(23)11-17(32-15)13-24-25-22(27)14-26(33(28,29)18-7-5-4-6-8-18)20-12-16(30-2)9-10-21(20)31-3/h4-13H,14H2,1-3H3,(H,25,27)/b24-13+. The van der Waals surface area contributed by atoms with Gasteiger partial charge in [-0.25, -0.2) is 13.8 Å². The topological polar surface area (TPSA) is 110 Å². The third-order valence-corrected chi connectivity index (χ3v) is 7.09. The minimum absolute atomic E-state index is 0.0158. The molecule has 0 radical (unpaired) electrons. The molecule has 3 aromatic rings. The number of aryl methyl sites for hydroxylation is 1. The number of carbonyl (C=O) groups is 1. The van der Waals surface area contributed by atoms with Crippen molar-refractivity contribution in [2.24, 2.45) is 5.10 Å². The fraction of sp³-hybridized carbons (Fsp3) is 0.182. The molecule has 0 saturated carbocycles. The van der Waals surface area contributed by atoms with Crippen LogP contribution in [0.1, 0.15) is 11.5 Å². The van der Waals surface area contributed by atoms with Gasteiger partial charge in [0.15, 0.2) is 0 Å². The Morgan fingerprint density at radius 3 is 2.48 bits per heavy atom. The van der Waals surface area contributed by atoms with Gasteiger partial charge in [-0.15, -0.1) is 0 Å². The second-order valence-corrected chi connectivity index (χ2v) is 9.43. The van der Waals surface area contributed by atoms with Gasteiger partial charge in [-0.05, 0) is 47.1 Å². The van der Waals surface area contributed by atoms with Gasteiger partial charge < -0.3 is 13.9 Å². The molecule has 0 atom stereocenters. The Morgan fingerprint density at radius 2 is 1.88 bits per heavy atom. The summed E-state index contributed by atoms with van der Waals surface area (Å²) < 4.78 is 44.7. The molecule has 2 aromatic carbocycles. The molecule has 0 unspecified atom stereocenters. The molecule has 0 spiro atoms. The maximum Gasteiger partial charge on any atom is 0.264 e. The Morgan fingerprint density at radius 1 is 1.15 bits per heavy atom. The van der Waals surface area contributed by atoms with Crippen LogP contribution in [0.2, 0.25) is 0 Å². The first-order chi connectivity index (χ1) is 15.8. The number of hydrogen-bond donors (Lipinski definition) is 1. The number of carbonyl (C=O) groups excluding carboxylic acids is 1. The normalized spacial score (nSPS) is 11.4. The summed E-state index contributed by atoms with van der Waals surface area (Å²) in [4.78, 5) is 12.7. The van der Waals surface area contributed by atoms with Gasteiger partial charge in [0.2, 0.25) is 0 Å². The molecular weight excluding hydrogens is 514 g/mol. The Kier molecular flexibility index (Phi) is 7.77. The molecule has 0 aliphatic rings. The van der Waals surface area contributed by atoms with Gasteiger partial charge in [0.25, 0.3) is 15.9 Å². The summed E-state index contributed by atoms with van der Waals surface area (Å²) in [5.41, 5.74) is 2.47. The number of benzene rings is 2. The molecule has 1 heterocycles. The number of ether oxygens (including phenoxy) is 2. The number of nitrogens with one attached hydrogen (secondary N) is 1. The van der Waals surface area contributed by atoms with Crippen LogP contribution in [-0.4, -0.2) is 41.3 Å². The molecule has 0 aliphatic heterocycles.